The van der Waals surface area contributed by atoms with Crippen LogP contribution in [0.3, 0.4) is 0 Å². The summed E-state index contributed by atoms with van der Waals surface area (Å²) in [6, 6.07) is 5.75. The Labute approximate surface area is 141 Å². The van der Waals surface area contributed by atoms with E-state index in [0.29, 0.717) is 24.8 Å². The lowest BCUT2D eigenvalue weighted by atomic mass is 10.1. The molecule has 8 heteroatoms. The highest BCUT2D eigenvalue weighted by atomic mass is 16.6. The number of likely N-dealkylation sites (tertiary alicyclic amines) is 1. The Bertz CT molecular complexity index is 564. The lowest BCUT2D eigenvalue weighted by molar-refractivity contribution is -0.384. The fraction of sp³-hybridized carbons (Fsp3) is 0.562. The highest BCUT2D eigenvalue weighted by molar-refractivity contribution is 5.73. The summed E-state index contributed by atoms with van der Waals surface area (Å²) in [4.78, 5) is 26.1. The standard InChI is InChI=1S/C16H24N4O4/c1-18-9-7-13(11-18)12-19(2)16(21)17-8-10-24-15-5-3-14(4-6-15)20(22)23/h3-6,13H,7-12H2,1-2H3,(H,17,21)/t13-/m1/s1. The number of hydrogen-bond acceptors (Lipinski definition) is 5. The van der Waals surface area contributed by atoms with Gasteiger partial charge in [0.15, 0.2) is 0 Å². The molecule has 0 aromatic heterocycles. The van der Waals surface area contributed by atoms with Gasteiger partial charge in [-0.1, -0.05) is 0 Å². The number of benzene rings is 1. The molecule has 0 saturated carbocycles. The maximum atomic E-state index is 12.0. The van der Waals surface area contributed by atoms with Crippen molar-refractivity contribution in [1.82, 2.24) is 15.1 Å². The van der Waals surface area contributed by atoms with E-state index in [9.17, 15) is 14.9 Å². The molecule has 1 saturated heterocycles. The summed E-state index contributed by atoms with van der Waals surface area (Å²) in [6.45, 7) is 3.55. The van der Waals surface area contributed by atoms with Gasteiger partial charge in [-0.2, -0.15) is 0 Å². The summed E-state index contributed by atoms with van der Waals surface area (Å²) in [6.07, 6.45) is 1.12. The number of nitrogens with zero attached hydrogens (tertiary/aromatic N) is 3. The molecule has 8 nitrogen and oxygen atoms in total. The fourth-order valence-corrected chi connectivity index (χ4v) is 2.77. The van der Waals surface area contributed by atoms with Gasteiger partial charge in [-0.3, -0.25) is 10.1 Å². The van der Waals surface area contributed by atoms with Gasteiger partial charge in [-0.15, -0.1) is 0 Å². The summed E-state index contributed by atoms with van der Waals surface area (Å²) >= 11 is 0. The zero-order chi connectivity index (χ0) is 17.5. The van der Waals surface area contributed by atoms with Crippen molar-refractivity contribution in [3.8, 4) is 5.75 Å². The van der Waals surface area contributed by atoms with Crippen LogP contribution in [0, 0.1) is 16.0 Å². The van der Waals surface area contributed by atoms with Gasteiger partial charge in [0.05, 0.1) is 11.5 Å². The highest BCUT2D eigenvalue weighted by Gasteiger charge is 2.22. The topological polar surface area (TPSA) is 88.0 Å². The lowest BCUT2D eigenvalue weighted by Crippen LogP contribution is -2.41. The van der Waals surface area contributed by atoms with Crippen LogP contribution in [0.2, 0.25) is 0 Å². The molecule has 1 aromatic carbocycles. The van der Waals surface area contributed by atoms with Crippen LogP contribution in [0.5, 0.6) is 5.75 Å². The molecule has 1 aliphatic heterocycles. The number of hydrogen-bond donors (Lipinski definition) is 1. The van der Waals surface area contributed by atoms with E-state index in [1.165, 1.54) is 12.1 Å². The minimum Gasteiger partial charge on any atom is -0.492 e. The molecule has 0 aliphatic carbocycles. The molecular weight excluding hydrogens is 312 g/mol. The van der Waals surface area contributed by atoms with E-state index < -0.39 is 4.92 Å². The Hall–Kier alpha value is -2.35. The number of nitro benzene ring substituents is 1. The Morgan fingerprint density at radius 3 is 2.75 bits per heavy atom. The first-order chi connectivity index (χ1) is 11.5. The molecule has 2 amide bonds. The van der Waals surface area contributed by atoms with Crippen LogP contribution < -0.4 is 10.1 Å². The second-order valence-corrected chi connectivity index (χ2v) is 6.13. The van der Waals surface area contributed by atoms with Crippen molar-refractivity contribution in [2.75, 3.05) is 46.9 Å². The van der Waals surface area contributed by atoms with Gasteiger partial charge < -0.3 is 19.9 Å². The highest BCUT2D eigenvalue weighted by Crippen LogP contribution is 2.17. The second-order valence-electron chi connectivity index (χ2n) is 6.13. The number of rotatable bonds is 7. The van der Waals surface area contributed by atoms with E-state index in [1.54, 1.807) is 24.1 Å². The molecule has 1 aliphatic rings. The number of urea groups is 1. The summed E-state index contributed by atoms with van der Waals surface area (Å²) < 4.78 is 5.46. The second kappa shape index (κ2) is 8.49. The normalized spacial score (nSPS) is 17.5. The Kier molecular flexibility index (Phi) is 6.36. The van der Waals surface area contributed by atoms with E-state index in [2.05, 4.69) is 17.3 Å². The van der Waals surface area contributed by atoms with E-state index >= 15 is 0 Å². The summed E-state index contributed by atoms with van der Waals surface area (Å²) in [5.41, 5.74) is 0.0230. The molecule has 2 rings (SSSR count). The van der Waals surface area contributed by atoms with Crippen LogP contribution >= 0.6 is 0 Å². The number of amides is 2. The van der Waals surface area contributed by atoms with Crippen LogP contribution in [-0.4, -0.2) is 67.6 Å². The van der Waals surface area contributed by atoms with E-state index in [0.717, 1.165) is 26.1 Å². The number of non-ortho nitro benzene ring substituents is 1. The first-order valence-corrected chi connectivity index (χ1v) is 8.00. The zero-order valence-electron chi connectivity index (χ0n) is 14.1. The maximum Gasteiger partial charge on any atom is 0.317 e. The molecule has 1 heterocycles. The molecular formula is C16H24N4O4. The van der Waals surface area contributed by atoms with Gasteiger partial charge in [0.2, 0.25) is 0 Å². The summed E-state index contributed by atoms with van der Waals surface area (Å²) in [7, 11) is 3.89. The number of carbonyl (C=O) groups is 1. The third-order valence-electron chi connectivity index (χ3n) is 4.06. The molecule has 0 bridgehead atoms. The van der Waals surface area contributed by atoms with Crippen molar-refractivity contribution in [1.29, 1.82) is 0 Å². The maximum absolute atomic E-state index is 12.0. The smallest absolute Gasteiger partial charge is 0.317 e. The van der Waals surface area contributed by atoms with Gasteiger partial charge in [0.1, 0.15) is 12.4 Å². The van der Waals surface area contributed by atoms with Crippen LogP contribution in [-0.2, 0) is 0 Å². The third-order valence-corrected chi connectivity index (χ3v) is 4.06. The van der Waals surface area contributed by atoms with Crippen molar-refractivity contribution < 1.29 is 14.5 Å². The van der Waals surface area contributed by atoms with Gasteiger partial charge in [0.25, 0.3) is 5.69 Å². The molecule has 0 unspecified atom stereocenters. The molecule has 1 fully saturated rings. The summed E-state index contributed by atoms with van der Waals surface area (Å²) in [5, 5.41) is 13.4. The fourth-order valence-electron chi connectivity index (χ4n) is 2.77. The number of nitrogens with one attached hydrogen (secondary N) is 1. The first-order valence-electron chi connectivity index (χ1n) is 8.00. The average molecular weight is 336 g/mol. The summed E-state index contributed by atoms with van der Waals surface area (Å²) in [5.74, 6) is 1.07. The van der Waals surface area contributed by atoms with Crippen LogP contribution in [0.15, 0.2) is 24.3 Å². The minimum atomic E-state index is -0.456. The van der Waals surface area contributed by atoms with Gasteiger partial charge >= 0.3 is 6.03 Å². The number of carbonyl (C=O) groups excluding carboxylic acids is 1. The Morgan fingerprint density at radius 1 is 1.46 bits per heavy atom. The molecule has 132 valence electrons. The average Bonchev–Trinajstić information content (AvgIpc) is 2.96. The predicted octanol–water partition coefficient (Wildman–Crippen LogP) is 1.57. The number of nitro groups is 1. The van der Waals surface area contributed by atoms with Crippen molar-refractivity contribution >= 4 is 11.7 Å². The first kappa shape index (κ1) is 18.0. The van der Waals surface area contributed by atoms with E-state index in [4.69, 9.17) is 4.74 Å². The van der Waals surface area contributed by atoms with Crippen LogP contribution in [0.1, 0.15) is 6.42 Å². The molecule has 1 aromatic rings. The third kappa shape index (κ3) is 5.38. The zero-order valence-corrected chi connectivity index (χ0v) is 14.1. The Morgan fingerprint density at radius 2 is 2.17 bits per heavy atom. The van der Waals surface area contributed by atoms with E-state index in [-0.39, 0.29) is 11.7 Å². The predicted molar refractivity (Wildman–Crippen MR) is 90.2 cm³/mol. The van der Waals surface area contributed by atoms with Crippen molar-refractivity contribution in [3.63, 3.8) is 0 Å². The van der Waals surface area contributed by atoms with Crippen molar-refractivity contribution in [3.05, 3.63) is 34.4 Å². The van der Waals surface area contributed by atoms with E-state index in [1.807, 2.05) is 0 Å². The van der Waals surface area contributed by atoms with Crippen molar-refractivity contribution in [2.24, 2.45) is 5.92 Å². The molecule has 24 heavy (non-hydrogen) atoms. The monoisotopic (exact) mass is 336 g/mol. The molecule has 0 radical (unpaired) electrons. The molecule has 1 N–H and O–H groups in total. The lowest BCUT2D eigenvalue weighted by Gasteiger charge is -2.21. The van der Waals surface area contributed by atoms with Gasteiger partial charge in [-0.05, 0) is 38.1 Å². The number of ether oxygens (including phenoxy) is 1. The molecule has 0 spiro atoms. The molecule has 1 atom stereocenters. The van der Waals surface area contributed by atoms with Gasteiger partial charge in [0, 0.05) is 32.3 Å². The SMILES string of the molecule is CN1CC[C@@H](CN(C)C(=O)NCCOc2ccc([N+](=O)[O-])cc2)C1. The minimum absolute atomic E-state index is 0.0230. The van der Waals surface area contributed by atoms with Crippen LogP contribution in [0.25, 0.3) is 0 Å². The Balaban J connectivity index is 1.64. The largest absolute Gasteiger partial charge is 0.492 e. The van der Waals surface area contributed by atoms with Gasteiger partial charge in [-0.25, -0.2) is 4.79 Å². The van der Waals surface area contributed by atoms with Crippen molar-refractivity contribution in [2.45, 2.75) is 6.42 Å². The van der Waals surface area contributed by atoms with Crippen LogP contribution in [0.4, 0.5) is 10.5 Å². The quantitative estimate of drug-likeness (QED) is 0.464.